The smallest absolute Gasteiger partial charge is 0.339 e. The summed E-state index contributed by atoms with van der Waals surface area (Å²) in [5.41, 5.74) is -1.19. The van der Waals surface area contributed by atoms with Crippen LogP contribution < -0.4 is 0 Å². The molecule has 4 aromatic rings. The van der Waals surface area contributed by atoms with Gasteiger partial charge in [0.15, 0.2) is 0 Å². The van der Waals surface area contributed by atoms with Gasteiger partial charge in [0.1, 0.15) is 45.3 Å². The van der Waals surface area contributed by atoms with Gasteiger partial charge in [-0.05, 0) is 48.5 Å². The molecule has 0 aliphatic heterocycles. The van der Waals surface area contributed by atoms with Crippen molar-refractivity contribution in [1.29, 1.82) is 0 Å². The van der Waals surface area contributed by atoms with Crippen LogP contribution in [0.25, 0.3) is 0 Å². The summed E-state index contributed by atoms with van der Waals surface area (Å²) in [7, 11) is 0. The summed E-state index contributed by atoms with van der Waals surface area (Å²) in [6.07, 6.45) is 0. The van der Waals surface area contributed by atoms with Crippen LogP contribution in [0.5, 0.6) is 23.0 Å². The summed E-state index contributed by atoms with van der Waals surface area (Å²) in [6, 6.07) is 9.60. The molecule has 0 heterocycles. The van der Waals surface area contributed by atoms with E-state index in [0.717, 1.165) is 24.3 Å². The van der Waals surface area contributed by atoms with Crippen molar-refractivity contribution in [2.24, 2.45) is 0 Å². The molecule has 8 N–H and O–H groups in total. The summed E-state index contributed by atoms with van der Waals surface area (Å²) in [5, 5.41) is 71.1. The molecule has 0 aliphatic carbocycles. The molecular formula is C28H16Cl8O12Ti. The molecule has 21 heteroatoms. The van der Waals surface area contributed by atoms with Gasteiger partial charge in [0.2, 0.25) is 0 Å². The van der Waals surface area contributed by atoms with Crippen molar-refractivity contribution in [2.75, 3.05) is 0 Å². The van der Waals surface area contributed by atoms with Gasteiger partial charge in [-0.3, -0.25) is 0 Å². The summed E-state index contributed by atoms with van der Waals surface area (Å²) >= 11 is 43.9. The van der Waals surface area contributed by atoms with Gasteiger partial charge < -0.3 is 40.9 Å². The first-order valence-electron chi connectivity index (χ1n) is 11.7. The number of halogens is 8. The summed E-state index contributed by atoms with van der Waals surface area (Å²) in [6.45, 7) is 0. The third-order valence-electron chi connectivity index (χ3n) is 5.03. The molecule has 12 nitrogen and oxygen atoms in total. The van der Waals surface area contributed by atoms with Crippen LogP contribution in [0.4, 0.5) is 0 Å². The molecule has 0 spiro atoms. The van der Waals surface area contributed by atoms with Gasteiger partial charge in [0, 0.05) is 41.8 Å². The van der Waals surface area contributed by atoms with Crippen molar-refractivity contribution in [3.05, 3.63) is 111 Å². The quantitative estimate of drug-likeness (QED) is 0.0896. The van der Waals surface area contributed by atoms with Gasteiger partial charge in [0.25, 0.3) is 0 Å². The Morgan fingerprint density at radius 1 is 0.347 bits per heavy atom. The van der Waals surface area contributed by atoms with Crippen molar-refractivity contribution >= 4 is 117 Å². The number of hydrogen-bond donors (Lipinski definition) is 8. The first-order chi connectivity index (χ1) is 22.1. The Bertz CT molecular complexity index is 1620. The van der Waals surface area contributed by atoms with Crippen molar-refractivity contribution in [1.82, 2.24) is 0 Å². The van der Waals surface area contributed by atoms with E-state index >= 15 is 0 Å². The van der Waals surface area contributed by atoms with Crippen LogP contribution in [0.1, 0.15) is 41.4 Å². The van der Waals surface area contributed by atoms with E-state index in [1.54, 1.807) is 0 Å². The molecule has 0 aromatic heterocycles. The standard InChI is InChI=1S/4C7H4Cl2O3.Ti/c4*8-3-1-4(7(11)12)6(10)5(9)2-3;/h4*1-2,10H,(H,11,12);. The van der Waals surface area contributed by atoms with Crippen molar-refractivity contribution in [3.8, 4) is 23.0 Å². The van der Waals surface area contributed by atoms with Gasteiger partial charge >= 0.3 is 23.9 Å². The summed E-state index contributed by atoms with van der Waals surface area (Å²) in [4.78, 5) is 41.8. The molecule has 0 atom stereocenters. The maximum Gasteiger partial charge on any atom is 0.339 e. The van der Waals surface area contributed by atoms with Crippen LogP contribution in [-0.2, 0) is 21.7 Å². The van der Waals surface area contributed by atoms with Crippen LogP contribution in [0, 0.1) is 0 Å². The van der Waals surface area contributed by atoms with Crippen LogP contribution >= 0.6 is 92.8 Å². The zero-order valence-corrected chi connectivity index (χ0v) is 31.0. The average molecular weight is 876 g/mol. The van der Waals surface area contributed by atoms with E-state index in [-0.39, 0.29) is 84.2 Å². The fourth-order valence-corrected chi connectivity index (χ4v) is 4.89. The van der Waals surface area contributed by atoms with Crippen molar-refractivity contribution in [3.63, 3.8) is 0 Å². The molecule has 0 aliphatic rings. The van der Waals surface area contributed by atoms with Crippen LogP contribution in [-0.4, -0.2) is 64.7 Å². The maximum atomic E-state index is 10.4. The van der Waals surface area contributed by atoms with E-state index < -0.39 is 46.9 Å². The molecule has 4 rings (SSSR count). The number of rotatable bonds is 4. The van der Waals surface area contributed by atoms with Gasteiger partial charge in [0.05, 0.1) is 20.1 Å². The number of carbonyl (C=O) groups is 4. The van der Waals surface area contributed by atoms with Crippen LogP contribution in [0.2, 0.25) is 40.2 Å². The SMILES string of the molecule is O=C(O)c1cc(Cl)cc(Cl)c1O.O=C(O)c1cc(Cl)cc(Cl)c1O.O=C(O)c1cc(Cl)cc(Cl)c1O.O=C(O)c1cc(Cl)cc(Cl)c1O.[Ti]. The zero-order valence-electron chi connectivity index (χ0n) is 23.4. The number of aromatic hydroxyl groups is 4. The zero-order chi connectivity index (χ0) is 37.2. The molecule has 260 valence electrons. The first kappa shape index (κ1) is 46.0. The molecule has 0 amide bonds. The second kappa shape index (κ2) is 20.6. The van der Waals surface area contributed by atoms with Gasteiger partial charge in [-0.2, -0.15) is 0 Å². The normalized spacial score (nSPS) is 9.63. The number of phenols is 4. The van der Waals surface area contributed by atoms with Gasteiger partial charge in [-0.15, -0.1) is 0 Å². The minimum Gasteiger partial charge on any atom is -0.505 e. The fourth-order valence-electron chi connectivity index (χ4n) is 2.92. The molecule has 0 saturated carbocycles. The van der Waals surface area contributed by atoms with E-state index in [4.69, 9.17) is 134 Å². The third kappa shape index (κ3) is 14.0. The average Bonchev–Trinajstić information content (AvgIpc) is 2.97. The Kier molecular flexibility index (Phi) is 19.4. The van der Waals surface area contributed by atoms with E-state index in [9.17, 15) is 19.2 Å². The fraction of sp³-hybridized carbons (Fsp3) is 0. The predicted octanol–water partition coefficient (Wildman–Crippen LogP) is 9.59. The van der Waals surface area contributed by atoms with Crippen LogP contribution in [0.15, 0.2) is 48.5 Å². The minimum atomic E-state index is -1.27. The largest absolute Gasteiger partial charge is 0.505 e. The van der Waals surface area contributed by atoms with Crippen LogP contribution in [0.3, 0.4) is 0 Å². The van der Waals surface area contributed by atoms with Gasteiger partial charge in [-0.1, -0.05) is 92.8 Å². The van der Waals surface area contributed by atoms with E-state index in [2.05, 4.69) is 0 Å². The topological polar surface area (TPSA) is 230 Å². The molecular weight excluding hydrogens is 860 g/mol. The molecule has 4 aromatic carbocycles. The third-order valence-corrected chi connectivity index (χ3v) is 7.06. The summed E-state index contributed by atoms with van der Waals surface area (Å²) in [5.74, 6) is -6.92. The van der Waals surface area contributed by atoms with Crippen molar-refractivity contribution in [2.45, 2.75) is 0 Å². The first-order valence-corrected chi connectivity index (χ1v) is 14.8. The minimum absolute atomic E-state index is 0. The van der Waals surface area contributed by atoms with E-state index in [1.165, 1.54) is 24.3 Å². The Hall–Kier alpha value is -3.01. The molecule has 49 heavy (non-hydrogen) atoms. The Morgan fingerprint density at radius 2 is 0.490 bits per heavy atom. The number of benzene rings is 4. The molecule has 0 saturated heterocycles. The number of carboxylic acids is 4. The van der Waals surface area contributed by atoms with E-state index in [1.807, 2.05) is 0 Å². The molecule has 0 unspecified atom stereocenters. The number of aromatic carboxylic acids is 4. The molecule has 0 radical (unpaired) electrons. The Balaban J connectivity index is 0.000000623. The number of carboxylic acid groups (broad SMARTS) is 4. The molecule has 0 fully saturated rings. The second-order valence-electron chi connectivity index (χ2n) is 8.36. The van der Waals surface area contributed by atoms with Gasteiger partial charge in [-0.25, -0.2) is 19.2 Å². The number of hydrogen-bond acceptors (Lipinski definition) is 8. The van der Waals surface area contributed by atoms with E-state index in [0.29, 0.717) is 0 Å². The maximum absolute atomic E-state index is 10.4. The predicted molar refractivity (Wildman–Crippen MR) is 180 cm³/mol. The van der Waals surface area contributed by atoms with Crippen molar-refractivity contribution < 1.29 is 81.7 Å². The monoisotopic (exact) mass is 872 g/mol. The Labute approximate surface area is 330 Å². The molecule has 0 bridgehead atoms. The Morgan fingerprint density at radius 3 is 0.612 bits per heavy atom. The summed E-state index contributed by atoms with van der Waals surface area (Å²) < 4.78 is 0. The second-order valence-corrected chi connectivity index (χ2v) is 11.7.